The van der Waals surface area contributed by atoms with Crippen LogP contribution in [0.1, 0.15) is 29.1 Å². The van der Waals surface area contributed by atoms with Crippen molar-refractivity contribution < 1.29 is 17.7 Å². The van der Waals surface area contributed by atoms with Gasteiger partial charge in [0.15, 0.2) is 0 Å². The first kappa shape index (κ1) is 20.5. The number of sulfonamides is 1. The van der Waals surface area contributed by atoms with Gasteiger partial charge in [-0.3, -0.25) is 9.52 Å². The summed E-state index contributed by atoms with van der Waals surface area (Å²) < 4.78 is 34.4. The number of carbonyl (C=O) groups is 1. The van der Waals surface area contributed by atoms with Crippen LogP contribution < -0.4 is 4.72 Å². The SMILES string of the molecule is Cc1ccc(-c2noc(C(=O)N3CCCC3)n2)cc1S(=O)(=O)Nc1cccc(Br)c1. The number of anilines is 1. The maximum Gasteiger partial charge on any atom is 0.316 e. The van der Waals surface area contributed by atoms with Crippen LogP contribution in [0.25, 0.3) is 11.4 Å². The first-order valence-corrected chi connectivity index (χ1v) is 11.6. The zero-order valence-corrected chi connectivity index (χ0v) is 18.5. The lowest BCUT2D eigenvalue weighted by molar-refractivity contribution is 0.0743. The van der Waals surface area contributed by atoms with Gasteiger partial charge in [-0.1, -0.05) is 39.3 Å². The fourth-order valence-corrected chi connectivity index (χ4v) is 4.99. The average Bonchev–Trinajstić information content (AvgIpc) is 3.40. The number of halogens is 1. The number of rotatable bonds is 5. The summed E-state index contributed by atoms with van der Waals surface area (Å²) in [7, 11) is -3.85. The average molecular weight is 491 g/mol. The molecule has 30 heavy (non-hydrogen) atoms. The predicted molar refractivity (Wildman–Crippen MR) is 115 cm³/mol. The zero-order chi connectivity index (χ0) is 21.3. The number of likely N-dealkylation sites (tertiary alicyclic amines) is 1. The highest BCUT2D eigenvalue weighted by atomic mass is 79.9. The third-order valence-electron chi connectivity index (χ3n) is 4.81. The largest absolute Gasteiger partial charge is 0.334 e. The summed E-state index contributed by atoms with van der Waals surface area (Å²) in [6.45, 7) is 3.05. The molecule has 1 aromatic heterocycles. The molecule has 4 rings (SSSR count). The van der Waals surface area contributed by atoms with Crippen molar-refractivity contribution in [2.24, 2.45) is 0 Å². The maximum absolute atomic E-state index is 13.0. The fraction of sp³-hybridized carbons (Fsp3) is 0.250. The highest BCUT2D eigenvalue weighted by molar-refractivity contribution is 9.10. The fourth-order valence-electron chi connectivity index (χ4n) is 3.27. The molecule has 2 aromatic carbocycles. The summed E-state index contributed by atoms with van der Waals surface area (Å²) in [4.78, 5) is 18.4. The molecule has 0 aliphatic carbocycles. The minimum Gasteiger partial charge on any atom is -0.334 e. The van der Waals surface area contributed by atoms with Crippen LogP contribution >= 0.6 is 15.9 Å². The van der Waals surface area contributed by atoms with E-state index in [1.165, 1.54) is 6.07 Å². The Morgan fingerprint density at radius 3 is 2.67 bits per heavy atom. The molecule has 0 radical (unpaired) electrons. The van der Waals surface area contributed by atoms with Gasteiger partial charge in [0.2, 0.25) is 5.82 Å². The van der Waals surface area contributed by atoms with Gasteiger partial charge in [-0.15, -0.1) is 0 Å². The summed E-state index contributed by atoms with van der Waals surface area (Å²) in [5, 5.41) is 3.87. The van der Waals surface area contributed by atoms with Gasteiger partial charge >= 0.3 is 11.8 Å². The molecular weight excluding hydrogens is 472 g/mol. The lowest BCUT2D eigenvalue weighted by atomic mass is 10.1. The summed E-state index contributed by atoms with van der Waals surface area (Å²) in [5.41, 5.74) is 1.45. The molecule has 0 unspecified atom stereocenters. The number of nitrogens with zero attached hydrogens (tertiary/aromatic N) is 3. The Balaban J connectivity index is 1.63. The summed E-state index contributed by atoms with van der Waals surface area (Å²) in [6.07, 6.45) is 1.91. The van der Waals surface area contributed by atoms with Gasteiger partial charge in [0.05, 0.1) is 4.90 Å². The minimum absolute atomic E-state index is 0.0934. The Morgan fingerprint density at radius 1 is 1.17 bits per heavy atom. The van der Waals surface area contributed by atoms with E-state index in [0.29, 0.717) is 29.9 Å². The van der Waals surface area contributed by atoms with Gasteiger partial charge in [0.25, 0.3) is 10.0 Å². The number of nitrogens with one attached hydrogen (secondary N) is 1. The summed E-state index contributed by atoms with van der Waals surface area (Å²) >= 11 is 3.33. The molecule has 1 aliphatic heterocycles. The lowest BCUT2D eigenvalue weighted by Crippen LogP contribution is -2.27. The van der Waals surface area contributed by atoms with E-state index in [0.717, 1.165) is 17.3 Å². The molecule has 0 atom stereocenters. The molecule has 1 fully saturated rings. The van der Waals surface area contributed by atoms with Gasteiger partial charge < -0.3 is 9.42 Å². The smallest absolute Gasteiger partial charge is 0.316 e. The van der Waals surface area contributed by atoms with Crippen molar-refractivity contribution in [2.45, 2.75) is 24.7 Å². The number of hydrogen-bond donors (Lipinski definition) is 1. The zero-order valence-electron chi connectivity index (χ0n) is 16.1. The molecule has 1 saturated heterocycles. The van der Waals surface area contributed by atoms with E-state index in [-0.39, 0.29) is 22.5 Å². The van der Waals surface area contributed by atoms with Crippen LogP contribution in [0.5, 0.6) is 0 Å². The van der Waals surface area contributed by atoms with Crippen molar-refractivity contribution in [2.75, 3.05) is 17.8 Å². The van der Waals surface area contributed by atoms with Crippen LogP contribution in [0.4, 0.5) is 5.69 Å². The van der Waals surface area contributed by atoms with Crippen molar-refractivity contribution in [1.29, 1.82) is 0 Å². The van der Waals surface area contributed by atoms with E-state index in [9.17, 15) is 13.2 Å². The molecule has 1 N–H and O–H groups in total. The maximum atomic E-state index is 13.0. The first-order chi connectivity index (χ1) is 14.3. The molecule has 1 aliphatic rings. The molecule has 1 amide bonds. The number of aromatic nitrogens is 2. The molecule has 2 heterocycles. The van der Waals surface area contributed by atoms with Crippen molar-refractivity contribution in [3.63, 3.8) is 0 Å². The van der Waals surface area contributed by atoms with E-state index >= 15 is 0 Å². The molecule has 10 heteroatoms. The van der Waals surface area contributed by atoms with Crippen molar-refractivity contribution in [3.8, 4) is 11.4 Å². The van der Waals surface area contributed by atoms with E-state index in [1.807, 2.05) is 0 Å². The molecule has 0 spiro atoms. The van der Waals surface area contributed by atoms with Crippen molar-refractivity contribution in [1.82, 2.24) is 15.0 Å². The molecule has 8 nitrogen and oxygen atoms in total. The molecular formula is C20H19BrN4O4S. The highest BCUT2D eigenvalue weighted by Gasteiger charge is 2.26. The van der Waals surface area contributed by atoms with Crippen molar-refractivity contribution >= 4 is 37.5 Å². The van der Waals surface area contributed by atoms with E-state index in [1.54, 1.807) is 48.2 Å². The van der Waals surface area contributed by atoms with Gasteiger partial charge in [-0.2, -0.15) is 4.98 Å². The highest BCUT2D eigenvalue weighted by Crippen LogP contribution is 2.26. The van der Waals surface area contributed by atoms with Gasteiger partial charge in [0, 0.05) is 28.8 Å². The third kappa shape index (κ3) is 4.24. The van der Waals surface area contributed by atoms with Crippen LogP contribution in [0.3, 0.4) is 0 Å². The van der Waals surface area contributed by atoms with E-state index in [2.05, 4.69) is 30.8 Å². The number of benzene rings is 2. The standard InChI is InChI=1S/C20H19BrN4O4S/c1-13-7-8-14(18-22-19(29-23-18)20(26)25-9-2-3-10-25)11-17(13)30(27,28)24-16-6-4-5-15(21)12-16/h4-8,11-12,24H,2-3,9-10H2,1H3. The third-order valence-corrected chi connectivity index (χ3v) is 6.83. The first-order valence-electron chi connectivity index (χ1n) is 9.36. The van der Waals surface area contributed by atoms with E-state index in [4.69, 9.17) is 4.52 Å². The second kappa shape index (κ2) is 8.19. The monoisotopic (exact) mass is 490 g/mol. The Morgan fingerprint density at radius 2 is 1.93 bits per heavy atom. The second-order valence-corrected chi connectivity index (χ2v) is 9.59. The van der Waals surface area contributed by atoms with E-state index < -0.39 is 10.0 Å². The predicted octanol–water partition coefficient (Wildman–Crippen LogP) is 3.84. The number of amides is 1. The number of hydrogen-bond acceptors (Lipinski definition) is 6. The number of carbonyl (C=O) groups excluding carboxylic acids is 1. The minimum atomic E-state index is -3.85. The quantitative estimate of drug-likeness (QED) is 0.582. The van der Waals surface area contributed by atoms with Crippen LogP contribution in [-0.4, -0.2) is 42.5 Å². The Hall–Kier alpha value is -2.72. The molecule has 3 aromatic rings. The Labute approximate surface area is 182 Å². The number of aryl methyl sites for hydroxylation is 1. The van der Waals surface area contributed by atoms with Crippen LogP contribution in [-0.2, 0) is 10.0 Å². The topological polar surface area (TPSA) is 105 Å². The normalized spacial score (nSPS) is 14.1. The Bertz CT molecular complexity index is 1200. The van der Waals surface area contributed by atoms with Crippen LogP contribution in [0, 0.1) is 6.92 Å². The second-order valence-electron chi connectivity index (χ2n) is 7.02. The summed E-state index contributed by atoms with van der Waals surface area (Å²) in [6, 6.07) is 11.7. The van der Waals surface area contributed by atoms with Crippen LogP contribution in [0.2, 0.25) is 0 Å². The molecule has 0 bridgehead atoms. The Kier molecular flexibility index (Phi) is 5.61. The van der Waals surface area contributed by atoms with Crippen LogP contribution in [0.15, 0.2) is 56.4 Å². The molecule has 156 valence electrons. The van der Waals surface area contributed by atoms with Gasteiger partial charge in [-0.25, -0.2) is 8.42 Å². The lowest BCUT2D eigenvalue weighted by Gasteiger charge is -2.11. The van der Waals surface area contributed by atoms with Crippen molar-refractivity contribution in [3.05, 3.63) is 58.4 Å². The van der Waals surface area contributed by atoms with Gasteiger partial charge in [0.1, 0.15) is 0 Å². The molecule has 0 saturated carbocycles. The van der Waals surface area contributed by atoms with Gasteiger partial charge in [-0.05, 0) is 49.6 Å². The summed E-state index contributed by atoms with van der Waals surface area (Å²) in [5.74, 6) is -0.233.